The standard InChI is InChI=1S/C25H17F6N3O2S/c1-12-3-4-13(2)14(7-12)9-33-19-6-5-15(24(26,27)28)8-16(19)20(21(33)25(29,30)31)34-22(35)17-10-37-11-18(17)32-23(34)36/h3-8,10-11H,9H2,1-2H3,(H,32,36). The van der Waals surface area contributed by atoms with Crippen LogP contribution < -0.4 is 11.2 Å². The molecule has 0 aliphatic heterocycles. The predicted molar refractivity (Wildman–Crippen MR) is 129 cm³/mol. The van der Waals surface area contributed by atoms with E-state index in [1.807, 2.05) is 0 Å². The van der Waals surface area contributed by atoms with E-state index < -0.39 is 45.9 Å². The maximum absolute atomic E-state index is 14.7. The van der Waals surface area contributed by atoms with Gasteiger partial charge in [-0.3, -0.25) is 4.79 Å². The molecule has 5 aromatic rings. The average Bonchev–Trinajstić information content (AvgIpc) is 3.38. The van der Waals surface area contributed by atoms with Crippen LogP contribution in [-0.4, -0.2) is 14.1 Å². The first-order valence-corrected chi connectivity index (χ1v) is 11.8. The van der Waals surface area contributed by atoms with Gasteiger partial charge in [-0.2, -0.15) is 26.3 Å². The number of hydrogen-bond donors (Lipinski definition) is 1. The number of H-pyrrole nitrogens is 1. The van der Waals surface area contributed by atoms with Gasteiger partial charge in [0.05, 0.1) is 27.7 Å². The summed E-state index contributed by atoms with van der Waals surface area (Å²) < 4.78 is 86.0. The van der Waals surface area contributed by atoms with E-state index in [2.05, 4.69) is 4.98 Å². The summed E-state index contributed by atoms with van der Waals surface area (Å²) in [6.07, 6.45) is -9.99. The average molecular weight is 537 g/mol. The van der Waals surface area contributed by atoms with Crippen LogP contribution >= 0.6 is 11.3 Å². The van der Waals surface area contributed by atoms with Gasteiger partial charge in [0.2, 0.25) is 0 Å². The highest BCUT2D eigenvalue weighted by Gasteiger charge is 2.42. The first kappa shape index (κ1) is 24.9. The molecule has 0 aliphatic carbocycles. The molecular weight excluding hydrogens is 520 g/mol. The minimum Gasteiger partial charge on any atom is -0.331 e. The number of alkyl halides is 6. The van der Waals surface area contributed by atoms with Crippen LogP contribution in [0.1, 0.15) is 27.9 Å². The van der Waals surface area contributed by atoms with Gasteiger partial charge in [0.25, 0.3) is 5.56 Å². The highest BCUT2D eigenvalue weighted by Crippen LogP contribution is 2.42. The Kier molecular flexibility index (Phi) is 5.63. The van der Waals surface area contributed by atoms with Crippen molar-refractivity contribution in [2.75, 3.05) is 0 Å². The molecule has 0 radical (unpaired) electrons. The van der Waals surface area contributed by atoms with Crippen LogP contribution in [0.15, 0.2) is 56.7 Å². The number of thiophene rings is 1. The number of hydrogen-bond acceptors (Lipinski definition) is 3. The smallest absolute Gasteiger partial charge is 0.331 e. The molecule has 2 aromatic carbocycles. The lowest BCUT2D eigenvalue weighted by Gasteiger charge is -2.17. The van der Waals surface area contributed by atoms with Gasteiger partial charge < -0.3 is 9.55 Å². The van der Waals surface area contributed by atoms with E-state index in [0.29, 0.717) is 23.3 Å². The zero-order valence-corrected chi connectivity index (χ0v) is 20.0. The van der Waals surface area contributed by atoms with E-state index in [9.17, 15) is 35.9 Å². The zero-order chi connectivity index (χ0) is 26.9. The topological polar surface area (TPSA) is 59.8 Å². The molecule has 0 unspecified atom stereocenters. The van der Waals surface area contributed by atoms with Gasteiger partial charge in [-0.05, 0) is 43.2 Å². The fraction of sp³-hybridized carbons (Fsp3) is 0.200. The molecule has 0 amide bonds. The number of nitrogens with zero attached hydrogens (tertiary/aromatic N) is 2. The molecule has 0 spiro atoms. The van der Waals surface area contributed by atoms with Gasteiger partial charge in [-0.25, -0.2) is 9.36 Å². The Morgan fingerprint density at radius 1 is 0.892 bits per heavy atom. The number of aryl methyl sites for hydroxylation is 2. The van der Waals surface area contributed by atoms with Crippen molar-refractivity contribution in [3.8, 4) is 5.69 Å². The number of fused-ring (bicyclic) bond motifs is 2. The molecule has 0 saturated carbocycles. The quantitative estimate of drug-likeness (QED) is 0.271. The second-order valence-electron chi connectivity index (χ2n) is 8.71. The van der Waals surface area contributed by atoms with Crippen molar-refractivity contribution >= 4 is 33.1 Å². The molecule has 12 heteroatoms. The lowest BCUT2D eigenvalue weighted by molar-refractivity contribution is -0.143. The fourth-order valence-electron chi connectivity index (χ4n) is 4.48. The molecule has 3 heterocycles. The lowest BCUT2D eigenvalue weighted by Crippen LogP contribution is -2.34. The van der Waals surface area contributed by atoms with Crippen LogP contribution in [0.2, 0.25) is 0 Å². The van der Waals surface area contributed by atoms with Crippen molar-refractivity contribution < 1.29 is 26.3 Å². The molecule has 5 nitrogen and oxygen atoms in total. The molecule has 3 aromatic heterocycles. The van der Waals surface area contributed by atoms with E-state index in [1.165, 1.54) is 10.8 Å². The second-order valence-corrected chi connectivity index (χ2v) is 9.45. The Hall–Kier alpha value is -3.80. The Labute approximate surface area is 208 Å². The minimum absolute atomic E-state index is 0.0554. The summed E-state index contributed by atoms with van der Waals surface area (Å²) in [5.41, 5.74) is -3.93. The van der Waals surface area contributed by atoms with Crippen molar-refractivity contribution in [3.05, 3.63) is 95.9 Å². The molecular formula is C25H17F6N3O2S. The molecule has 192 valence electrons. The molecule has 1 N–H and O–H groups in total. The van der Waals surface area contributed by atoms with Crippen LogP contribution in [0.25, 0.3) is 27.5 Å². The van der Waals surface area contributed by atoms with Gasteiger partial charge in [-0.1, -0.05) is 23.8 Å². The van der Waals surface area contributed by atoms with Crippen LogP contribution in [0.5, 0.6) is 0 Å². The maximum atomic E-state index is 14.7. The molecule has 0 saturated heterocycles. The summed E-state index contributed by atoms with van der Waals surface area (Å²) in [7, 11) is 0. The van der Waals surface area contributed by atoms with Gasteiger partial charge in [0.15, 0.2) is 0 Å². The molecule has 0 fully saturated rings. The highest BCUT2D eigenvalue weighted by atomic mass is 32.1. The number of nitrogens with one attached hydrogen (secondary N) is 1. The summed E-state index contributed by atoms with van der Waals surface area (Å²) >= 11 is 1.05. The summed E-state index contributed by atoms with van der Waals surface area (Å²) in [6, 6.07) is 7.36. The van der Waals surface area contributed by atoms with E-state index in [1.54, 1.807) is 32.0 Å². The summed E-state index contributed by atoms with van der Waals surface area (Å²) in [5, 5.41) is 2.22. The number of aromatic amines is 1. The Balaban J connectivity index is 1.96. The molecule has 0 atom stereocenters. The SMILES string of the molecule is Cc1ccc(C)c(Cn2c(C(F)(F)F)c(-n3c(=O)[nH]c4cscc4c3=O)c3cc(C(F)(F)F)ccc32)c1. The molecule has 0 aliphatic rings. The van der Waals surface area contributed by atoms with Crippen molar-refractivity contribution in [3.63, 3.8) is 0 Å². The number of halogens is 6. The third kappa shape index (κ3) is 4.14. The number of benzene rings is 2. The first-order valence-electron chi connectivity index (χ1n) is 10.9. The summed E-state index contributed by atoms with van der Waals surface area (Å²) in [6.45, 7) is 3.12. The molecule has 0 bridgehead atoms. The third-order valence-electron chi connectivity index (χ3n) is 6.23. The summed E-state index contributed by atoms with van der Waals surface area (Å²) in [5.74, 6) is 0. The van der Waals surface area contributed by atoms with Crippen LogP contribution in [0, 0.1) is 13.8 Å². The fourth-order valence-corrected chi connectivity index (χ4v) is 5.23. The Morgan fingerprint density at radius 3 is 2.30 bits per heavy atom. The minimum atomic E-state index is -5.13. The van der Waals surface area contributed by atoms with E-state index in [0.717, 1.165) is 27.5 Å². The van der Waals surface area contributed by atoms with Gasteiger partial charge in [-0.15, -0.1) is 11.3 Å². The van der Waals surface area contributed by atoms with Crippen molar-refractivity contribution in [1.29, 1.82) is 0 Å². The normalized spacial score (nSPS) is 12.6. The van der Waals surface area contributed by atoms with E-state index in [4.69, 9.17) is 0 Å². The number of aromatic nitrogens is 3. The molecule has 37 heavy (non-hydrogen) atoms. The number of rotatable bonds is 3. The van der Waals surface area contributed by atoms with Crippen LogP contribution in [-0.2, 0) is 18.9 Å². The second kappa shape index (κ2) is 8.37. The monoisotopic (exact) mass is 537 g/mol. The largest absolute Gasteiger partial charge is 0.433 e. The zero-order valence-electron chi connectivity index (χ0n) is 19.2. The molecule has 5 rings (SSSR count). The van der Waals surface area contributed by atoms with Crippen LogP contribution in [0.3, 0.4) is 0 Å². The van der Waals surface area contributed by atoms with Gasteiger partial charge in [0.1, 0.15) is 5.69 Å². The first-order chi connectivity index (χ1) is 17.3. The Bertz CT molecular complexity index is 1800. The highest BCUT2D eigenvalue weighted by molar-refractivity contribution is 7.09. The van der Waals surface area contributed by atoms with E-state index >= 15 is 0 Å². The van der Waals surface area contributed by atoms with E-state index in [-0.39, 0.29) is 27.5 Å². The van der Waals surface area contributed by atoms with Crippen LogP contribution in [0.4, 0.5) is 26.3 Å². The van der Waals surface area contributed by atoms with Crippen molar-refractivity contribution in [1.82, 2.24) is 14.1 Å². The Morgan fingerprint density at radius 2 is 1.62 bits per heavy atom. The maximum Gasteiger partial charge on any atom is 0.433 e. The lowest BCUT2D eigenvalue weighted by atomic mass is 10.1. The van der Waals surface area contributed by atoms with Gasteiger partial charge >= 0.3 is 18.0 Å². The van der Waals surface area contributed by atoms with Crippen molar-refractivity contribution in [2.24, 2.45) is 0 Å². The third-order valence-corrected chi connectivity index (χ3v) is 6.97. The van der Waals surface area contributed by atoms with Crippen molar-refractivity contribution in [2.45, 2.75) is 32.7 Å². The predicted octanol–water partition coefficient (Wildman–Crippen LogP) is 6.40. The summed E-state index contributed by atoms with van der Waals surface area (Å²) in [4.78, 5) is 28.5. The van der Waals surface area contributed by atoms with Gasteiger partial charge in [0, 0.05) is 22.7 Å².